The number of anilines is 1. The van der Waals surface area contributed by atoms with Crippen molar-refractivity contribution in [2.75, 3.05) is 24.5 Å². The van der Waals surface area contributed by atoms with Gasteiger partial charge < -0.3 is 9.80 Å². The van der Waals surface area contributed by atoms with E-state index >= 15 is 0 Å². The van der Waals surface area contributed by atoms with E-state index in [2.05, 4.69) is 52.1 Å². The molecule has 1 aromatic heterocycles. The van der Waals surface area contributed by atoms with Crippen LogP contribution in [0.1, 0.15) is 61.5 Å². The predicted octanol–water partition coefficient (Wildman–Crippen LogP) is 4.34. The van der Waals surface area contributed by atoms with Crippen LogP contribution in [0.15, 0.2) is 42.7 Å². The molecule has 1 atom stereocenters. The maximum atomic E-state index is 12.9. The minimum absolute atomic E-state index is 0.0212. The summed E-state index contributed by atoms with van der Waals surface area (Å²) < 4.78 is 0. The molecule has 0 N–H and O–H groups in total. The standard InChI is InChI=1S/C24H32N4O/c1-2-21-10-6-7-13-28(21)23-18-25-22(17-26-23)24(29)27-14-11-20(12-15-27)16-19-8-4-3-5-9-19/h3-5,8-9,17-18,20-21H,2,6-7,10-16H2,1H3. The molecule has 4 rings (SSSR count). The highest BCUT2D eigenvalue weighted by Gasteiger charge is 2.26. The lowest BCUT2D eigenvalue weighted by atomic mass is 9.90. The van der Waals surface area contributed by atoms with Gasteiger partial charge in [0, 0.05) is 25.7 Å². The molecule has 0 bridgehead atoms. The fourth-order valence-corrected chi connectivity index (χ4v) is 4.76. The van der Waals surface area contributed by atoms with Gasteiger partial charge in [-0.05, 0) is 56.4 Å². The molecule has 1 unspecified atom stereocenters. The Labute approximate surface area is 174 Å². The molecule has 2 aliphatic rings. The van der Waals surface area contributed by atoms with Gasteiger partial charge in [0.25, 0.3) is 5.91 Å². The number of aromatic nitrogens is 2. The number of carbonyl (C=O) groups is 1. The Bertz CT molecular complexity index is 784. The van der Waals surface area contributed by atoms with Gasteiger partial charge in [0.15, 0.2) is 0 Å². The third kappa shape index (κ3) is 4.77. The summed E-state index contributed by atoms with van der Waals surface area (Å²) >= 11 is 0. The first-order valence-corrected chi connectivity index (χ1v) is 11.2. The van der Waals surface area contributed by atoms with Crippen LogP contribution in [0.2, 0.25) is 0 Å². The Morgan fingerprint density at radius 3 is 2.48 bits per heavy atom. The van der Waals surface area contributed by atoms with Crippen molar-refractivity contribution in [3.05, 3.63) is 54.0 Å². The predicted molar refractivity (Wildman–Crippen MR) is 116 cm³/mol. The second-order valence-electron chi connectivity index (χ2n) is 8.44. The molecule has 0 saturated carbocycles. The van der Waals surface area contributed by atoms with Crippen LogP contribution < -0.4 is 4.90 Å². The zero-order valence-corrected chi connectivity index (χ0v) is 17.5. The largest absolute Gasteiger partial charge is 0.352 e. The van der Waals surface area contributed by atoms with Gasteiger partial charge >= 0.3 is 0 Å². The second-order valence-corrected chi connectivity index (χ2v) is 8.44. The Morgan fingerprint density at radius 2 is 1.79 bits per heavy atom. The van der Waals surface area contributed by atoms with Crippen LogP contribution in [0.3, 0.4) is 0 Å². The normalized spacial score (nSPS) is 20.7. The van der Waals surface area contributed by atoms with Gasteiger partial charge in [0.05, 0.1) is 12.4 Å². The van der Waals surface area contributed by atoms with E-state index in [4.69, 9.17) is 0 Å². The van der Waals surface area contributed by atoms with E-state index in [-0.39, 0.29) is 5.91 Å². The average molecular weight is 393 g/mol. The van der Waals surface area contributed by atoms with E-state index in [0.29, 0.717) is 17.7 Å². The van der Waals surface area contributed by atoms with Crippen LogP contribution in [0.4, 0.5) is 5.82 Å². The summed E-state index contributed by atoms with van der Waals surface area (Å²) in [6.45, 7) is 4.89. The van der Waals surface area contributed by atoms with E-state index in [9.17, 15) is 4.79 Å². The van der Waals surface area contributed by atoms with Crippen LogP contribution >= 0.6 is 0 Å². The summed E-state index contributed by atoms with van der Waals surface area (Å²) in [4.78, 5) is 26.3. The molecular formula is C24H32N4O. The molecule has 2 aliphatic heterocycles. The quantitative estimate of drug-likeness (QED) is 0.759. The molecule has 0 radical (unpaired) electrons. The average Bonchev–Trinajstić information content (AvgIpc) is 2.80. The number of amides is 1. The molecule has 3 heterocycles. The number of carbonyl (C=O) groups excluding carboxylic acids is 1. The van der Waals surface area contributed by atoms with Crippen LogP contribution in [0, 0.1) is 5.92 Å². The Morgan fingerprint density at radius 1 is 1.00 bits per heavy atom. The van der Waals surface area contributed by atoms with E-state index in [1.54, 1.807) is 12.4 Å². The highest BCUT2D eigenvalue weighted by atomic mass is 16.2. The monoisotopic (exact) mass is 392 g/mol. The molecule has 5 nitrogen and oxygen atoms in total. The van der Waals surface area contributed by atoms with Crippen molar-refractivity contribution >= 4 is 11.7 Å². The van der Waals surface area contributed by atoms with Gasteiger partial charge in [0.2, 0.25) is 0 Å². The lowest BCUT2D eigenvalue weighted by molar-refractivity contribution is 0.0684. The molecule has 2 fully saturated rings. The van der Waals surface area contributed by atoms with Crippen LogP contribution in [-0.2, 0) is 6.42 Å². The molecule has 154 valence electrons. The van der Waals surface area contributed by atoms with E-state index in [0.717, 1.165) is 51.1 Å². The zero-order valence-electron chi connectivity index (χ0n) is 17.5. The number of hydrogen-bond donors (Lipinski definition) is 0. The summed E-state index contributed by atoms with van der Waals surface area (Å²) in [7, 11) is 0. The minimum atomic E-state index is 0.0212. The number of rotatable bonds is 5. The number of piperidine rings is 2. The van der Waals surface area contributed by atoms with Crippen molar-refractivity contribution in [2.24, 2.45) is 5.92 Å². The Kier molecular flexibility index (Phi) is 6.43. The summed E-state index contributed by atoms with van der Waals surface area (Å²) in [6, 6.07) is 11.2. The molecular weight excluding hydrogens is 360 g/mol. The van der Waals surface area contributed by atoms with Crippen LogP contribution in [-0.4, -0.2) is 46.5 Å². The maximum Gasteiger partial charge on any atom is 0.274 e. The third-order valence-corrected chi connectivity index (χ3v) is 6.52. The lowest BCUT2D eigenvalue weighted by Gasteiger charge is -2.36. The van der Waals surface area contributed by atoms with Crippen molar-refractivity contribution in [3.8, 4) is 0 Å². The molecule has 1 amide bonds. The summed E-state index contributed by atoms with van der Waals surface area (Å²) in [5.74, 6) is 1.59. The fraction of sp³-hybridized carbons (Fsp3) is 0.542. The van der Waals surface area contributed by atoms with Crippen molar-refractivity contribution in [1.29, 1.82) is 0 Å². The minimum Gasteiger partial charge on any atom is -0.352 e. The Balaban J connectivity index is 1.33. The number of benzene rings is 1. The van der Waals surface area contributed by atoms with Crippen molar-refractivity contribution in [1.82, 2.24) is 14.9 Å². The summed E-state index contributed by atoms with van der Waals surface area (Å²) in [5.41, 5.74) is 1.86. The topological polar surface area (TPSA) is 49.3 Å². The van der Waals surface area contributed by atoms with Gasteiger partial charge in [-0.2, -0.15) is 0 Å². The first kappa shape index (κ1) is 19.9. The van der Waals surface area contributed by atoms with Crippen molar-refractivity contribution < 1.29 is 4.79 Å². The van der Waals surface area contributed by atoms with Gasteiger partial charge in [-0.1, -0.05) is 37.3 Å². The van der Waals surface area contributed by atoms with E-state index < -0.39 is 0 Å². The van der Waals surface area contributed by atoms with Gasteiger partial charge in [-0.15, -0.1) is 0 Å². The molecule has 1 aromatic carbocycles. The van der Waals surface area contributed by atoms with Crippen molar-refractivity contribution in [3.63, 3.8) is 0 Å². The molecule has 2 saturated heterocycles. The third-order valence-electron chi connectivity index (χ3n) is 6.52. The van der Waals surface area contributed by atoms with E-state index in [1.807, 2.05) is 4.90 Å². The van der Waals surface area contributed by atoms with E-state index in [1.165, 1.54) is 24.8 Å². The summed E-state index contributed by atoms with van der Waals surface area (Å²) in [6.07, 6.45) is 11.5. The first-order chi connectivity index (χ1) is 14.2. The lowest BCUT2D eigenvalue weighted by Crippen LogP contribution is -2.40. The maximum absolute atomic E-state index is 12.9. The smallest absolute Gasteiger partial charge is 0.274 e. The number of nitrogens with zero attached hydrogens (tertiary/aromatic N) is 4. The molecule has 2 aromatic rings. The fourth-order valence-electron chi connectivity index (χ4n) is 4.76. The number of hydrogen-bond acceptors (Lipinski definition) is 4. The van der Waals surface area contributed by atoms with Gasteiger partial charge in [0.1, 0.15) is 11.5 Å². The molecule has 0 aliphatic carbocycles. The number of likely N-dealkylation sites (tertiary alicyclic amines) is 1. The van der Waals surface area contributed by atoms with Crippen LogP contribution in [0.5, 0.6) is 0 Å². The van der Waals surface area contributed by atoms with Crippen molar-refractivity contribution in [2.45, 2.75) is 57.9 Å². The SMILES string of the molecule is CCC1CCCCN1c1cnc(C(=O)N2CCC(Cc3ccccc3)CC2)cn1. The van der Waals surface area contributed by atoms with Crippen LogP contribution in [0.25, 0.3) is 0 Å². The van der Waals surface area contributed by atoms with Gasteiger partial charge in [-0.25, -0.2) is 9.97 Å². The molecule has 5 heteroatoms. The van der Waals surface area contributed by atoms with Gasteiger partial charge in [-0.3, -0.25) is 4.79 Å². The highest BCUT2D eigenvalue weighted by Crippen LogP contribution is 2.25. The Hall–Kier alpha value is -2.43. The highest BCUT2D eigenvalue weighted by molar-refractivity contribution is 5.92. The first-order valence-electron chi connectivity index (χ1n) is 11.2. The second kappa shape index (κ2) is 9.38. The molecule has 0 spiro atoms. The summed E-state index contributed by atoms with van der Waals surface area (Å²) in [5, 5.41) is 0. The molecule has 29 heavy (non-hydrogen) atoms. The zero-order chi connectivity index (χ0) is 20.1.